The summed E-state index contributed by atoms with van der Waals surface area (Å²) < 4.78 is 10.7. The zero-order valence-corrected chi connectivity index (χ0v) is 15.9. The van der Waals surface area contributed by atoms with Crippen molar-refractivity contribution in [3.05, 3.63) is 53.6 Å². The second kappa shape index (κ2) is 7.68. The van der Waals surface area contributed by atoms with Crippen LogP contribution in [0.1, 0.15) is 34.8 Å². The highest BCUT2D eigenvalue weighted by Gasteiger charge is 2.31. The van der Waals surface area contributed by atoms with Crippen LogP contribution in [0.2, 0.25) is 0 Å². The summed E-state index contributed by atoms with van der Waals surface area (Å²) >= 11 is 0. The third-order valence-corrected chi connectivity index (χ3v) is 4.92. The van der Waals surface area contributed by atoms with Crippen molar-refractivity contribution in [1.82, 2.24) is 4.90 Å². The maximum Gasteiger partial charge on any atom is 0.254 e. The molecule has 1 fully saturated rings. The lowest BCUT2D eigenvalue weighted by Crippen LogP contribution is -2.30. The molecule has 1 saturated heterocycles. The molecule has 0 N–H and O–H groups in total. The van der Waals surface area contributed by atoms with Crippen LogP contribution in [0, 0.1) is 0 Å². The predicted octanol–water partition coefficient (Wildman–Crippen LogP) is 3.75. The third-order valence-electron chi connectivity index (χ3n) is 4.92. The standard InChI is InChI=1S/C21H26N2O3/c1-22(2)17-8-5-7-16(13-17)21(24)23-12-6-9-18(23)15-10-11-19(25-3)20(14-15)26-4/h5,7-8,10-11,13-14,18H,6,9,12H2,1-4H3. The van der Waals surface area contributed by atoms with Crippen LogP contribution in [0.5, 0.6) is 11.5 Å². The first-order chi connectivity index (χ1) is 12.5. The quantitative estimate of drug-likeness (QED) is 0.820. The van der Waals surface area contributed by atoms with Gasteiger partial charge in [-0.3, -0.25) is 4.79 Å². The van der Waals surface area contributed by atoms with Gasteiger partial charge in [0.15, 0.2) is 11.5 Å². The second-order valence-corrected chi connectivity index (χ2v) is 6.72. The van der Waals surface area contributed by atoms with Crippen LogP contribution in [0.25, 0.3) is 0 Å². The molecule has 1 aliphatic heterocycles. The average molecular weight is 354 g/mol. The van der Waals surface area contributed by atoms with E-state index in [4.69, 9.17) is 9.47 Å². The van der Waals surface area contributed by atoms with Gasteiger partial charge in [0.1, 0.15) is 0 Å². The Labute approximate surface area is 155 Å². The Hall–Kier alpha value is -2.69. The van der Waals surface area contributed by atoms with Gasteiger partial charge in [0.2, 0.25) is 0 Å². The smallest absolute Gasteiger partial charge is 0.254 e. The molecule has 1 atom stereocenters. The van der Waals surface area contributed by atoms with Gasteiger partial charge in [-0.15, -0.1) is 0 Å². The van der Waals surface area contributed by atoms with Crippen LogP contribution in [0.4, 0.5) is 5.69 Å². The van der Waals surface area contributed by atoms with Gasteiger partial charge in [-0.1, -0.05) is 12.1 Å². The molecule has 1 amide bonds. The van der Waals surface area contributed by atoms with E-state index in [9.17, 15) is 4.79 Å². The number of methoxy groups -OCH3 is 2. The molecule has 0 aromatic heterocycles. The summed E-state index contributed by atoms with van der Waals surface area (Å²) in [5.74, 6) is 1.47. The summed E-state index contributed by atoms with van der Waals surface area (Å²) in [6.07, 6.45) is 1.95. The minimum atomic E-state index is 0.0605. The molecule has 138 valence electrons. The first-order valence-electron chi connectivity index (χ1n) is 8.85. The summed E-state index contributed by atoms with van der Waals surface area (Å²) in [6.45, 7) is 0.768. The normalized spacial score (nSPS) is 16.5. The Kier molecular flexibility index (Phi) is 5.35. The minimum Gasteiger partial charge on any atom is -0.493 e. The SMILES string of the molecule is COc1ccc(C2CCCN2C(=O)c2cccc(N(C)C)c2)cc1OC. The van der Waals surface area contributed by atoms with Crippen molar-refractivity contribution in [3.8, 4) is 11.5 Å². The lowest BCUT2D eigenvalue weighted by molar-refractivity contribution is 0.0735. The molecule has 5 heteroatoms. The number of ether oxygens (including phenoxy) is 2. The summed E-state index contributed by atoms with van der Waals surface area (Å²) in [7, 11) is 7.21. The molecule has 2 aromatic rings. The zero-order chi connectivity index (χ0) is 18.7. The van der Waals surface area contributed by atoms with E-state index >= 15 is 0 Å². The number of amides is 1. The highest BCUT2D eigenvalue weighted by Crippen LogP contribution is 2.37. The molecule has 1 heterocycles. The van der Waals surface area contributed by atoms with Gasteiger partial charge < -0.3 is 19.3 Å². The molecule has 0 saturated carbocycles. The van der Waals surface area contributed by atoms with Gasteiger partial charge in [0, 0.05) is 31.9 Å². The highest BCUT2D eigenvalue weighted by molar-refractivity contribution is 5.95. The maximum atomic E-state index is 13.1. The van der Waals surface area contributed by atoms with Crippen molar-refractivity contribution in [2.24, 2.45) is 0 Å². The van der Waals surface area contributed by atoms with Crippen LogP contribution in [0.3, 0.4) is 0 Å². The fraction of sp³-hybridized carbons (Fsp3) is 0.381. The summed E-state index contributed by atoms with van der Waals surface area (Å²) in [4.78, 5) is 17.1. The topological polar surface area (TPSA) is 42.0 Å². The first kappa shape index (κ1) is 18.1. The summed E-state index contributed by atoms with van der Waals surface area (Å²) in [6, 6.07) is 13.7. The molecular weight excluding hydrogens is 328 g/mol. The van der Waals surface area contributed by atoms with Gasteiger partial charge in [-0.25, -0.2) is 0 Å². The van der Waals surface area contributed by atoms with E-state index in [2.05, 4.69) is 0 Å². The van der Waals surface area contributed by atoms with Crippen LogP contribution >= 0.6 is 0 Å². The van der Waals surface area contributed by atoms with Crippen molar-refractivity contribution in [2.45, 2.75) is 18.9 Å². The lowest BCUT2D eigenvalue weighted by atomic mass is 10.0. The van der Waals surface area contributed by atoms with Crippen LogP contribution in [-0.4, -0.2) is 45.7 Å². The van der Waals surface area contributed by atoms with Gasteiger partial charge in [0.25, 0.3) is 5.91 Å². The molecule has 2 aromatic carbocycles. The fourth-order valence-corrected chi connectivity index (χ4v) is 3.50. The average Bonchev–Trinajstić information content (AvgIpc) is 3.16. The van der Waals surface area contributed by atoms with E-state index in [1.54, 1.807) is 14.2 Å². The number of anilines is 1. The number of rotatable bonds is 5. The largest absolute Gasteiger partial charge is 0.493 e. The van der Waals surface area contributed by atoms with Gasteiger partial charge in [-0.05, 0) is 48.7 Å². The monoisotopic (exact) mass is 354 g/mol. The van der Waals surface area contributed by atoms with E-state index in [1.165, 1.54) is 0 Å². The summed E-state index contributed by atoms with van der Waals surface area (Å²) in [5, 5.41) is 0. The molecule has 0 radical (unpaired) electrons. The van der Waals surface area contributed by atoms with Crippen LogP contribution in [0.15, 0.2) is 42.5 Å². The zero-order valence-electron chi connectivity index (χ0n) is 15.9. The number of hydrogen-bond donors (Lipinski definition) is 0. The molecule has 5 nitrogen and oxygen atoms in total. The number of hydrogen-bond acceptors (Lipinski definition) is 4. The molecular formula is C21H26N2O3. The predicted molar refractivity (Wildman–Crippen MR) is 103 cm³/mol. The lowest BCUT2D eigenvalue weighted by Gasteiger charge is -2.26. The second-order valence-electron chi connectivity index (χ2n) is 6.72. The Morgan fingerprint density at radius 2 is 1.85 bits per heavy atom. The maximum absolute atomic E-state index is 13.1. The van der Waals surface area contributed by atoms with E-state index in [0.29, 0.717) is 11.5 Å². The molecule has 26 heavy (non-hydrogen) atoms. The van der Waals surface area contributed by atoms with Gasteiger partial charge in [0.05, 0.1) is 20.3 Å². The number of carbonyl (C=O) groups is 1. The number of likely N-dealkylation sites (tertiary alicyclic amines) is 1. The Morgan fingerprint density at radius 3 is 2.54 bits per heavy atom. The van der Waals surface area contributed by atoms with E-state index < -0.39 is 0 Å². The number of carbonyl (C=O) groups excluding carboxylic acids is 1. The van der Waals surface area contributed by atoms with Gasteiger partial charge in [-0.2, -0.15) is 0 Å². The van der Waals surface area contributed by atoms with Crippen molar-refractivity contribution in [3.63, 3.8) is 0 Å². The molecule has 1 unspecified atom stereocenters. The van der Waals surface area contributed by atoms with Crippen molar-refractivity contribution in [1.29, 1.82) is 0 Å². The molecule has 0 spiro atoms. The Bertz CT molecular complexity index is 789. The molecule has 3 rings (SSSR count). The van der Waals surface area contributed by atoms with E-state index in [-0.39, 0.29) is 11.9 Å². The fourth-order valence-electron chi connectivity index (χ4n) is 3.50. The van der Waals surface area contributed by atoms with E-state index in [1.807, 2.05) is 66.4 Å². The Balaban J connectivity index is 1.88. The first-order valence-corrected chi connectivity index (χ1v) is 8.85. The van der Waals surface area contributed by atoms with Crippen molar-refractivity contribution >= 4 is 11.6 Å². The van der Waals surface area contributed by atoms with Crippen LogP contribution < -0.4 is 14.4 Å². The van der Waals surface area contributed by atoms with Gasteiger partial charge >= 0.3 is 0 Å². The van der Waals surface area contributed by atoms with E-state index in [0.717, 1.165) is 36.2 Å². The molecule has 0 bridgehead atoms. The minimum absolute atomic E-state index is 0.0605. The Morgan fingerprint density at radius 1 is 1.08 bits per heavy atom. The number of nitrogens with zero attached hydrogens (tertiary/aromatic N) is 2. The molecule has 1 aliphatic rings. The van der Waals surface area contributed by atoms with Crippen molar-refractivity contribution < 1.29 is 14.3 Å². The van der Waals surface area contributed by atoms with Crippen molar-refractivity contribution in [2.75, 3.05) is 39.8 Å². The highest BCUT2D eigenvalue weighted by atomic mass is 16.5. The third kappa shape index (κ3) is 3.47. The molecule has 0 aliphatic carbocycles. The summed E-state index contributed by atoms with van der Waals surface area (Å²) in [5.41, 5.74) is 2.83. The number of benzene rings is 2. The van der Waals surface area contributed by atoms with Crippen LogP contribution in [-0.2, 0) is 0 Å².